The number of hydrogen-bond donors (Lipinski definition) is 2. The number of anilines is 1. The Morgan fingerprint density at radius 2 is 2.09 bits per heavy atom. The van der Waals surface area contributed by atoms with Crippen molar-refractivity contribution in [2.45, 2.75) is 5.75 Å². The lowest BCUT2D eigenvalue weighted by Crippen LogP contribution is -2.32. The molecule has 0 aliphatic rings. The van der Waals surface area contributed by atoms with Crippen molar-refractivity contribution in [2.24, 2.45) is 0 Å². The Kier molecular flexibility index (Phi) is 5.69. The van der Waals surface area contributed by atoms with Crippen LogP contribution in [0.3, 0.4) is 0 Å². The van der Waals surface area contributed by atoms with E-state index in [1.165, 1.54) is 18.2 Å². The van der Waals surface area contributed by atoms with Crippen LogP contribution in [0.4, 0.5) is 16.2 Å². The van der Waals surface area contributed by atoms with E-state index in [4.69, 9.17) is 5.11 Å². The van der Waals surface area contributed by atoms with Gasteiger partial charge in [-0.1, -0.05) is 0 Å². The van der Waals surface area contributed by atoms with Gasteiger partial charge in [0.15, 0.2) is 9.84 Å². The van der Waals surface area contributed by atoms with Gasteiger partial charge < -0.3 is 15.3 Å². The highest BCUT2D eigenvalue weighted by atomic mass is 32.2. The summed E-state index contributed by atoms with van der Waals surface area (Å²) in [6.07, 6.45) is -0.116. The first-order valence-corrected chi connectivity index (χ1v) is 8.29. The molecule has 0 aromatic heterocycles. The van der Waals surface area contributed by atoms with Crippen molar-refractivity contribution in [1.82, 2.24) is 5.32 Å². The van der Waals surface area contributed by atoms with Crippen LogP contribution < -0.4 is 10.2 Å². The molecule has 1 amide bonds. The zero-order valence-electron chi connectivity index (χ0n) is 12.1. The number of sulfone groups is 1. The number of nitro benzene ring substituents is 1. The molecule has 1 rings (SSSR count). The fraction of sp³-hybridized carbons (Fsp3) is 0.417. The van der Waals surface area contributed by atoms with Crippen LogP contribution in [0.5, 0.6) is 0 Å². The van der Waals surface area contributed by atoms with E-state index in [-0.39, 0.29) is 18.0 Å². The molecule has 0 aliphatic heterocycles. The number of carbonyl (C=O) groups is 1. The van der Waals surface area contributed by atoms with Crippen LogP contribution in [0.2, 0.25) is 0 Å². The van der Waals surface area contributed by atoms with Gasteiger partial charge in [-0.05, 0) is 11.6 Å². The molecule has 1 aromatic rings. The number of amides is 1. The summed E-state index contributed by atoms with van der Waals surface area (Å²) in [5, 5.41) is 21.5. The quantitative estimate of drug-likeness (QED) is 0.559. The largest absolute Gasteiger partial charge is 0.465 e. The molecule has 0 aliphatic carbocycles. The van der Waals surface area contributed by atoms with E-state index < -0.39 is 20.9 Å². The smallest absolute Gasteiger partial charge is 0.404 e. The van der Waals surface area contributed by atoms with Crippen molar-refractivity contribution in [2.75, 3.05) is 31.3 Å². The van der Waals surface area contributed by atoms with Crippen LogP contribution in [0.1, 0.15) is 5.56 Å². The van der Waals surface area contributed by atoms with Crippen LogP contribution >= 0.6 is 0 Å². The lowest BCUT2D eigenvalue weighted by atomic mass is 10.1. The van der Waals surface area contributed by atoms with Gasteiger partial charge in [0.1, 0.15) is 0 Å². The lowest BCUT2D eigenvalue weighted by Gasteiger charge is -2.22. The minimum absolute atomic E-state index is 0.140. The van der Waals surface area contributed by atoms with E-state index in [0.29, 0.717) is 17.8 Å². The monoisotopic (exact) mass is 331 g/mol. The molecule has 122 valence electrons. The SMILES string of the molecule is CN(CCNC(=O)O)c1ccc([N+](=O)[O-])cc1CS(C)(=O)=O. The average Bonchev–Trinajstić information content (AvgIpc) is 2.35. The first-order valence-electron chi connectivity index (χ1n) is 6.23. The van der Waals surface area contributed by atoms with Crippen LogP contribution in [-0.4, -0.2) is 50.9 Å². The molecule has 0 bridgehead atoms. The Labute approximate surface area is 127 Å². The maximum absolute atomic E-state index is 11.5. The molecule has 9 nitrogen and oxygen atoms in total. The molecule has 10 heteroatoms. The van der Waals surface area contributed by atoms with Crippen LogP contribution in [-0.2, 0) is 15.6 Å². The van der Waals surface area contributed by atoms with Crippen molar-refractivity contribution in [3.63, 3.8) is 0 Å². The minimum Gasteiger partial charge on any atom is -0.465 e. The second kappa shape index (κ2) is 7.07. The molecule has 0 unspecified atom stereocenters. The molecule has 1 aromatic carbocycles. The fourth-order valence-electron chi connectivity index (χ4n) is 1.91. The van der Waals surface area contributed by atoms with E-state index in [1.807, 2.05) is 0 Å². The zero-order chi connectivity index (χ0) is 16.9. The van der Waals surface area contributed by atoms with Gasteiger partial charge in [0.25, 0.3) is 5.69 Å². The third-order valence-electron chi connectivity index (χ3n) is 2.83. The molecular formula is C12H17N3O6S. The van der Waals surface area contributed by atoms with Gasteiger partial charge in [-0.15, -0.1) is 0 Å². The lowest BCUT2D eigenvalue weighted by molar-refractivity contribution is -0.384. The average molecular weight is 331 g/mol. The molecule has 22 heavy (non-hydrogen) atoms. The van der Waals surface area contributed by atoms with E-state index in [0.717, 1.165) is 6.26 Å². The number of nitrogens with one attached hydrogen (secondary N) is 1. The predicted octanol–water partition coefficient (Wildman–Crippen LogP) is 0.843. The van der Waals surface area contributed by atoms with Gasteiger partial charge >= 0.3 is 6.09 Å². The van der Waals surface area contributed by atoms with Gasteiger partial charge in [0, 0.05) is 44.2 Å². The van der Waals surface area contributed by atoms with Crippen LogP contribution in [0.15, 0.2) is 18.2 Å². The Bertz CT molecular complexity index is 673. The number of non-ortho nitro benzene ring substituents is 1. The molecular weight excluding hydrogens is 314 g/mol. The zero-order valence-corrected chi connectivity index (χ0v) is 13.0. The molecule has 0 heterocycles. The second-order valence-corrected chi connectivity index (χ2v) is 6.93. The standard InChI is InChI=1S/C12H17N3O6S/c1-14(6-5-13-12(16)17)11-4-3-10(15(18)19)7-9(11)8-22(2,20)21/h3-4,7,13H,5-6,8H2,1-2H3,(H,16,17). The fourth-order valence-corrected chi connectivity index (χ4v) is 2.70. The van der Waals surface area contributed by atoms with Crippen LogP contribution in [0.25, 0.3) is 0 Å². The molecule has 0 spiro atoms. The van der Waals surface area contributed by atoms with E-state index in [1.54, 1.807) is 11.9 Å². The number of carboxylic acid groups (broad SMARTS) is 1. The molecule has 0 saturated carbocycles. The summed E-state index contributed by atoms with van der Waals surface area (Å²) in [6.45, 7) is 0.433. The van der Waals surface area contributed by atoms with Crippen molar-refractivity contribution in [1.29, 1.82) is 0 Å². The van der Waals surface area contributed by atoms with Gasteiger partial charge in [0.05, 0.1) is 10.7 Å². The molecule has 2 N–H and O–H groups in total. The first-order chi connectivity index (χ1) is 10.1. The maximum atomic E-state index is 11.5. The third-order valence-corrected chi connectivity index (χ3v) is 3.66. The third kappa shape index (κ3) is 5.56. The summed E-state index contributed by atoms with van der Waals surface area (Å²) in [4.78, 5) is 22.3. The highest BCUT2D eigenvalue weighted by molar-refractivity contribution is 7.89. The van der Waals surface area contributed by atoms with Crippen molar-refractivity contribution >= 4 is 27.3 Å². The Balaban J connectivity index is 3.05. The highest BCUT2D eigenvalue weighted by Crippen LogP contribution is 2.26. The van der Waals surface area contributed by atoms with Crippen LogP contribution in [0, 0.1) is 10.1 Å². The van der Waals surface area contributed by atoms with E-state index >= 15 is 0 Å². The Morgan fingerprint density at radius 3 is 2.59 bits per heavy atom. The van der Waals surface area contributed by atoms with Gasteiger partial charge in [-0.25, -0.2) is 13.2 Å². The summed E-state index contributed by atoms with van der Waals surface area (Å²) in [5.74, 6) is -0.333. The van der Waals surface area contributed by atoms with E-state index in [9.17, 15) is 23.3 Å². The number of hydrogen-bond acceptors (Lipinski definition) is 6. The summed E-state index contributed by atoms with van der Waals surface area (Å²) < 4.78 is 23.0. The van der Waals surface area contributed by atoms with Gasteiger partial charge in [0.2, 0.25) is 0 Å². The summed E-state index contributed by atoms with van der Waals surface area (Å²) in [5.41, 5.74) is 0.609. The summed E-state index contributed by atoms with van der Waals surface area (Å²) >= 11 is 0. The maximum Gasteiger partial charge on any atom is 0.404 e. The second-order valence-electron chi connectivity index (χ2n) is 4.79. The minimum atomic E-state index is -3.37. The highest BCUT2D eigenvalue weighted by Gasteiger charge is 2.17. The molecule has 0 atom stereocenters. The topological polar surface area (TPSA) is 130 Å². The van der Waals surface area contributed by atoms with Gasteiger partial charge in [-0.3, -0.25) is 10.1 Å². The number of nitrogens with zero attached hydrogens (tertiary/aromatic N) is 2. The predicted molar refractivity (Wildman–Crippen MR) is 80.9 cm³/mol. The number of likely N-dealkylation sites (N-methyl/N-ethyl adjacent to an activating group) is 1. The first kappa shape index (κ1) is 17.7. The van der Waals surface area contributed by atoms with Gasteiger partial charge in [-0.2, -0.15) is 0 Å². The summed E-state index contributed by atoms with van der Waals surface area (Å²) in [6, 6.07) is 3.96. The number of rotatable bonds is 7. The molecule has 0 fully saturated rings. The van der Waals surface area contributed by atoms with E-state index in [2.05, 4.69) is 5.32 Å². The molecule has 0 radical (unpaired) electrons. The Hall–Kier alpha value is -2.36. The summed E-state index contributed by atoms with van der Waals surface area (Å²) in [7, 11) is -1.72. The Morgan fingerprint density at radius 1 is 1.45 bits per heavy atom. The number of benzene rings is 1. The van der Waals surface area contributed by atoms with Crippen molar-refractivity contribution in [3.05, 3.63) is 33.9 Å². The normalized spacial score (nSPS) is 11.0. The number of nitro groups is 1. The van der Waals surface area contributed by atoms with Crippen molar-refractivity contribution in [3.8, 4) is 0 Å². The molecule has 0 saturated heterocycles. The van der Waals surface area contributed by atoms with Crippen molar-refractivity contribution < 1.29 is 23.2 Å².